The number of hydrogen-bond acceptors (Lipinski definition) is 3. The first-order chi connectivity index (χ1) is 15.7. The van der Waals surface area contributed by atoms with Gasteiger partial charge in [-0.1, -0.05) is 71.4 Å². The molecule has 4 heteroatoms. The van der Waals surface area contributed by atoms with E-state index in [2.05, 4.69) is 53.7 Å². The second-order valence-electron chi connectivity index (χ2n) is 13.3. The first kappa shape index (κ1) is 25.7. The van der Waals surface area contributed by atoms with Crippen LogP contribution < -0.4 is 0 Å². The van der Waals surface area contributed by atoms with Crippen molar-refractivity contribution in [2.45, 2.75) is 99.2 Å². The summed E-state index contributed by atoms with van der Waals surface area (Å²) in [6.45, 7) is 15.6. The van der Waals surface area contributed by atoms with Crippen LogP contribution in [0.4, 0.5) is 0 Å². The molecule has 3 N–H and O–H groups in total. The summed E-state index contributed by atoms with van der Waals surface area (Å²) in [6.07, 6.45) is 13.5. The molecule has 0 radical (unpaired) electrons. The molecule has 0 bridgehead atoms. The maximum Gasteiger partial charge on any atom is 0.331 e. The summed E-state index contributed by atoms with van der Waals surface area (Å²) in [7, 11) is 0. The number of aliphatic carboxylic acids is 1. The highest BCUT2D eigenvalue weighted by molar-refractivity contribution is 5.86. The molecule has 0 aromatic heterocycles. The van der Waals surface area contributed by atoms with Gasteiger partial charge in [-0.3, -0.25) is 0 Å². The summed E-state index contributed by atoms with van der Waals surface area (Å²) in [5, 5.41) is 31.3. The van der Waals surface area contributed by atoms with Gasteiger partial charge in [-0.2, -0.15) is 0 Å². The van der Waals surface area contributed by atoms with Crippen molar-refractivity contribution in [3.63, 3.8) is 0 Å². The summed E-state index contributed by atoms with van der Waals surface area (Å²) in [6, 6.07) is 0. The molecule has 0 spiro atoms. The topological polar surface area (TPSA) is 77.8 Å². The zero-order chi connectivity index (χ0) is 25.3. The van der Waals surface area contributed by atoms with Gasteiger partial charge in [0.25, 0.3) is 0 Å². The smallest absolute Gasteiger partial charge is 0.331 e. The van der Waals surface area contributed by atoms with Crippen molar-refractivity contribution in [2.24, 2.45) is 45.3 Å². The molecule has 3 saturated carbocycles. The van der Waals surface area contributed by atoms with E-state index in [0.717, 1.165) is 19.3 Å². The van der Waals surface area contributed by atoms with E-state index in [0.29, 0.717) is 35.7 Å². The lowest BCUT2D eigenvalue weighted by atomic mass is 9.40. The second kappa shape index (κ2) is 8.34. The first-order valence-corrected chi connectivity index (χ1v) is 13.4. The van der Waals surface area contributed by atoms with Gasteiger partial charge in [0.15, 0.2) is 0 Å². The fourth-order valence-corrected chi connectivity index (χ4v) is 9.21. The molecule has 190 valence electrons. The molecule has 4 nitrogen and oxygen atoms in total. The van der Waals surface area contributed by atoms with Crippen LogP contribution in [0.1, 0.15) is 87.0 Å². The van der Waals surface area contributed by atoms with E-state index in [9.17, 15) is 15.0 Å². The third-order valence-corrected chi connectivity index (χ3v) is 11.7. The van der Waals surface area contributed by atoms with E-state index in [1.54, 1.807) is 13.0 Å². The number of carboxylic acids is 1. The van der Waals surface area contributed by atoms with Crippen molar-refractivity contribution in [1.82, 2.24) is 0 Å². The molecule has 9 atom stereocenters. The van der Waals surface area contributed by atoms with Gasteiger partial charge >= 0.3 is 5.97 Å². The van der Waals surface area contributed by atoms with E-state index in [1.165, 1.54) is 18.4 Å². The summed E-state index contributed by atoms with van der Waals surface area (Å²) in [4.78, 5) is 11.1. The molecule has 4 aliphatic carbocycles. The minimum Gasteiger partial charge on any atom is -0.478 e. The Morgan fingerprint density at radius 3 is 2.32 bits per heavy atom. The van der Waals surface area contributed by atoms with Gasteiger partial charge in [-0.15, -0.1) is 0 Å². The number of rotatable bonds is 4. The number of aliphatic hydroxyl groups is 2. The van der Waals surface area contributed by atoms with Crippen molar-refractivity contribution in [3.05, 3.63) is 35.5 Å². The average molecular weight is 471 g/mol. The second-order valence-corrected chi connectivity index (χ2v) is 13.3. The lowest BCUT2D eigenvalue weighted by Gasteiger charge is -2.65. The van der Waals surface area contributed by atoms with Crippen molar-refractivity contribution in [2.75, 3.05) is 0 Å². The van der Waals surface area contributed by atoms with Gasteiger partial charge in [0.1, 0.15) is 0 Å². The Bertz CT molecular complexity index is 928. The van der Waals surface area contributed by atoms with E-state index < -0.39 is 18.2 Å². The number of hydrogen-bond donors (Lipinski definition) is 3. The van der Waals surface area contributed by atoms with Gasteiger partial charge in [0, 0.05) is 22.8 Å². The van der Waals surface area contributed by atoms with E-state index >= 15 is 0 Å². The monoisotopic (exact) mass is 470 g/mol. The standard InChI is InChI=1S/C30H46O4/c1-18(9-8-10-19(2)26(33)34)20-13-15-29(6)21-11-12-23-27(3,4)24(31)17-25(32)30(23,7)22(21)14-16-28(20,29)5/h8-10,12,18,20-22,24-25,31-32H,11,13-17H2,1-7H3,(H,33,34). The summed E-state index contributed by atoms with van der Waals surface area (Å²) < 4.78 is 0. The van der Waals surface area contributed by atoms with E-state index in [4.69, 9.17) is 5.11 Å². The molecule has 0 saturated heterocycles. The minimum absolute atomic E-state index is 0.209. The van der Waals surface area contributed by atoms with Crippen LogP contribution in [0.5, 0.6) is 0 Å². The minimum atomic E-state index is -0.866. The molecule has 4 rings (SSSR count). The average Bonchev–Trinajstić information content (AvgIpc) is 3.04. The van der Waals surface area contributed by atoms with Crippen molar-refractivity contribution < 1.29 is 20.1 Å². The zero-order valence-corrected chi connectivity index (χ0v) is 22.3. The van der Waals surface area contributed by atoms with Crippen LogP contribution in [0.3, 0.4) is 0 Å². The zero-order valence-electron chi connectivity index (χ0n) is 22.3. The molecule has 0 aromatic carbocycles. The third kappa shape index (κ3) is 3.42. The number of carboxylic acid groups (broad SMARTS) is 1. The summed E-state index contributed by atoms with van der Waals surface area (Å²) in [5.41, 5.74) is 1.52. The lowest BCUT2D eigenvalue weighted by molar-refractivity contribution is -0.157. The first-order valence-electron chi connectivity index (χ1n) is 13.4. The maximum absolute atomic E-state index is 11.4. The van der Waals surface area contributed by atoms with Crippen molar-refractivity contribution in [1.29, 1.82) is 0 Å². The Morgan fingerprint density at radius 2 is 1.68 bits per heavy atom. The normalized spacial score (nSPS) is 46.9. The number of fused-ring (bicyclic) bond motifs is 5. The number of carbonyl (C=O) groups is 1. The summed E-state index contributed by atoms with van der Waals surface area (Å²) >= 11 is 0. The number of allylic oxidation sites excluding steroid dienone is 4. The Balaban J connectivity index is 1.65. The fraction of sp³-hybridized carbons (Fsp3) is 0.767. The fourth-order valence-electron chi connectivity index (χ4n) is 9.21. The van der Waals surface area contributed by atoms with Crippen LogP contribution in [-0.4, -0.2) is 33.5 Å². The van der Waals surface area contributed by atoms with Gasteiger partial charge in [0.2, 0.25) is 0 Å². The SMILES string of the molecule is CC(=CC=CC(C)C1CCC2(C)C3CC=C4C(C)(C)C(O)CC(O)C4(C)C3CCC12C)C(=O)O. The molecular weight excluding hydrogens is 424 g/mol. The molecule has 34 heavy (non-hydrogen) atoms. The molecule has 9 unspecified atom stereocenters. The predicted octanol–water partition coefficient (Wildman–Crippen LogP) is 6.15. The molecule has 0 amide bonds. The molecule has 0 aliphatic heterocycles. The van der Waals surface area contributed by atoms with Crippen LogP contribution in [0.15, 0.2) is 35.5 Å². The third-order valence-electron chi connectivity index (χ3n) is 11.7. The van der Waals surface area contributed by atoms with Crippen LogP contribution >= 0.6 is 0 Å². The quantitative estimate of drug-likeness (QED) is 0.262. The van der Waals surface area contributed by atoms with Crippen molar-refractivity contribution >= 4 is 5.97 Å². The highest BCUT2D eigenvalue weighted by atomic mass is 16.4. The Hall–Kier alpha value is -1.39. The van der Waals surface area contributed by atoms with Crippen LogP contribution in [0, 0.1) is 45.3 Å². The molecule has 4 aliphatic rings. The largest absolute Gasteiger partial charge is 0.478 e. The molecule has 0 aromatic rings. The summed E-state index contributed by atoms with van der Waals surface area (Å²) in [5.74, 6) is 1.07. The van der Waals surface area contributed by atoms with Crippen LogP contribution in [0.2, 0.25) is 0 Å². The molecule has 0 heterocycles. The van der Waals surface area contributed by atoms with E-state index in [1.807, 2.05) is 6.08 Å². The Kier molecular flexibility index (Phi) is 6.30. The van der Waals surface area contributed by atoms with Gasteiger partial charge in [-0.05, 0) is 73.5 Å². The Morgan fingerprint density at radius 1 is 1.03 bits per heavy atom. The maximum atomic E-state index is 11.4. The predicted molar refractivity (Wildman–Crippen MR) is 136 cm³/mol. The van der Waals surface area contributed by atoms with E-state index in [-0.39, 0.29) is 21.7 Å². The Labute approximate surface area is 206 Å². The number of aliphatic hydroxyl groups excluding tert-OH is 2. The van der Waals surface area contributed by atoms with Gasteiger partial charge in [-0.25, -0.2) is 4.79 Å². The highest BCUT2D eigenvalue weighted by Crippen LogP contribution is 2.73. The van der Waals surface area contributed by atoms with Gasteiger partial charge in [0.05, 0.1) is 12.2 Å². The van der Waals surface area contributed by atoms with Gasteiger partial charge < -0.3 is 15.3 Å². The lowest BCUT2D eigenvalue weighted by Crippen LogP contribution is -2.62. The molecular formula is C30H46O4. The van der Waals surface area contributed by atoms with Crippen LogP contribution in [0.25, 0.3) is 0 Å². The molecule has 3 fully saturated rings. The van der Waals surface area contributed by atoms with Crippen LogP contribution in [-0.2, 0) is 4.79 Å². The van der Waals surface area contributed by atoms with Crippen molar-refractivity contribution in [3.8, 4) is 0 Å². The highest BCUT2D eigenvalue weighted by Gasteiger charge is 2.67.